The largest absolute Gasteiger partial charge is 0.495 e. The molecule has 2 heterocycles. The van der Waals surface area contributed by atoms with Crippen LogP contribution in [0.4, 0.5) is 11.5 Å². The average Bonchev–Trinajstić information content (AvgIpc) is 2.70. The molecule has 0 unspecified atom stereocenters. The molecule has 5 nitrogen and oxygen atoms in total. The summed E-state index contributed by atoms with van der Waals surface area (Å²) in [4.78, 5) is 4.53. The Kier molecular flexibility index (Phi) is 5.55. The first-order valence-corrected chi connectivity index (χ1v) is 9.88. The molecule has 0 spiro atoms. The molecule has 1 aliphatic heterocycles. The predicted molar refractivity (Wildman–Crippen MR) is 114 cm³/mol. The van der Waals surface area contributed by atoms with Crippen LogP contribution in [0.2, 0.25) is 5.02 Å². The van der Waals surface area contributed by atoms with E-state index in [9.17, 15) is 0 Å². The molecular weight excluding hydrogens is 374 g/mol. The molecule has 0 radical (unpaired) electrons. The Morgan fingerprint density at radius 2 is 1.93 bits per heavy atom. The number of piperidine rings is 1. The van der Waals surface area contributed by atoms with E-state index in [-0.39, 0.29) is 6.10 Å². The molecule has 1 fully saturated rings. The Morgan fingerprint density at radius 1 is 1.11 bits per heavy atom. The minimum Gasteiger partial charge on any atom is -0.495 e. The summed E-state index contributed by atoms with van der Waals surface area (Å²) < 4.78 is 11.5. The molecular formula is C22H24ClN3O2. The monoisotopic (exact) mass is 397 g/mol. The summed E-state index contributed by atoms with van der Waals surface area (Å²) in [5, 5.41) is 9.49. The number of anilines is 2. The molecule has 0 atom stereocenters. The summed E-state index contributed by atoms with van der Waals surface area (Å²) in [7, 11) is 1.61. The molecule has 3 aromatic rings. The van der Waals surface area contributed by atoms with Crippen LogP contribution >= 0.6 is 11.6 Å². The predicted octanol–water partition coefficient (Wildman–Crippen LogP) is 5.08. The second-order valence-electron chi connectivity index (χ2n) is 7.07. The Hall–Kier alpha value is -2.50. The first kappa shape index (κ1) is 18.8. The highest BCUT2D eigenvalue weighted by Gasteiger charge is 2.14. The molecule has 0 saturated carbocycles. The highest BCUT2D eigenvalue weighted by atomic mass is 35.5. The smallest absolute Gasteiger partial charge is 0.139 e. The Balaban J connectivity index is 1.58. The van der Waals surface area contributed by atoms with Gasteiger partial charge < -0.3 is 20.1 Å². The fraction of sp³-hybridized carbons (Fsp3) is 0.318. The van der Waals surface area contributed by atoms with E-state index in [1.54, 1.807) is 7.11 Å². The minimum absolute atomic E-state index is 0.280. The zero-order valence-corrected chi connectivity index (χ0v) is 16.8. The fourth-order valence-corrected chi connectivity index (χ4v) is 3.74. The van der Waals surface area contributed by atoms with E-state index < -0.39 is 0 Å². The highest BCUT2D eigenvalue weighted by molar-refractivity contribution is 6.32. The van der Waals surface area contributed by atoms with Gasteiger partial charge in [-0.15, -0.1) is 0 Å². The molecule has 0 amide bonds. The first-order chi connectivity index (χ1) is 13.6. The zero-order valence-electron chi connectivity index (χ0n) is 16.1. The van der Waals surface area contributed by atoms with Crippen molar-refractivity contribution in [2.45, 2.75) is 25.9 Å². The van der Waals surface area contributed by atoms with Gasteiger partial charge in [-0.2, -0.15) is 0 Å². The maximum absolute atomic E-state index is 6.19. The SMILES string of the molecule is COc1cc(Nc2cc3cc(OC4CCNCC4)ccc3cn2)c(C)cc1Cl. The number of hydrogen-bond donors (Lipinski definition) is 2. The lowest BCUT2D eigenvalue weighted by Crippen LogP contribution is -2.34. The van der Waals surface area contributed by atoms with Gasteiger partial charge in [0.15, 0.2) is 0 Å². The number of methoxy groups -OCH3 is 1. The van der Waals surface area contributed by atoms with Crippen molar-refractivity contribution in [3.8, 4) is 11.5 Å². The van der Waals surface area contributed by atoms with Gasteiger partial charge in [-0.1, -0.05) is 11.6 Å². The molecule has 0 aliphatic carbocycles. The number of hydrogen-bond acceptors (Lipinski definition) is 5. The van der Waals surface area contributed by atoms with Crippen LogP contribution in [0.25, 0.3) is 10.8 Å². The fourth-order valence-electron chi connectivity index (χ4n) is 3.45. The van der Waals surface area contributed by atoms with Crippen molar-refractivity contribution >= 4 is 33.9 Å². The van der Waals surface area contributed by atoms with Crippen molar-refractivity contribution < 1.29 is 9.47 Å². The van der Waals surface area contributed by atoms with E-state index in [0.29, 0.717) is 10.8 Å². The number of benzene rings is 2. The quantitative estimate of drug-likeness (QED) is 0.628. The summed E-state index contributed by atoms with van der Waals surface area (Å²) in [6, 6.07) is 12.0. The number of aromatic nitrogens is 1. The Bertz CT molecular complexity index is 987. The third-order valence-electron chi connectivity index (χ3n) is 5.04. The van der Waals surface area contributed by atoms with Gasteiger partial charge in [0.2, 0.25) is 0 Å². The Morgan fingerprint density at radius 3 is 2.71 bits per heavy atom. The topological polar surface area (TPSA) is 55.4 Å². The number of pyridine rings is 1. The summed E-state index contributed by atoms with van der Waals surface area (Å²) in [6.45, 7) is 4.03. The van der Waals surface area contributed by atoms with Gasteiger partial charge in [-0.25, -0.2) is 4.98 Å². The van der Waals surface area contributed by atoms with Crippen molar-refractivity contribution in [3.63, 3.8) is 0 Å². The number of fused-ring (bicyclic) bond motifs is 1. The van der Waals surface area contributed by atoms with E-state index >= 15 is 0 Å². The van der Waals surface area contributed by atoms with Crippen LogP contribution in [0.15, 0.2) is 42.6 Å². The third-order valence-corrected chi connectivity index (χ3v) is 5.34. The van der Waals surface area contributed by atoms with Crippen LogP contribution in [0, 0.1) is 6.92 Å². The van der Waals surface area contributed by atoms with Crippen LogP contribution in [0.3, 0.4) is 0 Å². The number of nitrogens with zero attached hydrogens (tertiary/aromatic N) is 1. The van der Waals surface area contributed by atoms with Gasteiger partial charge >= 0.3 is 0 Å². The highest BCUT2D eigenvalue weighted by Crippen LogP contribution is 2.32. The van der Waals surface area contributed by atoms with Crippen LogP contribution in [0.1, 0.15) is 18.4 Å². The van der Waals surface area contributed by atoms with E-state index in [0.717, 1.165) is 59.5 Å². The molecule has 2 aromatic carbocycles. The maximum Gasteiger partial charge on any atom is 0.139 e. The number of aryl methyl sites for hydroxylation is 1. The molecule has 1 aromatic heterocycles. The van der Waals surface area contributed by atoms with E-state index in [2.05, 4.69) is 27.8 Å². The van der Waals surface area contributed by atoms with E-state index in [1.807, 2.05) is 37.4 Å². The summed E-state index contributed by atoms with van der Waals surface area (Å²) >= 11 is 6.19. The van der Waals surface area contributed by atoms with Crippen molar-refractivity contribution in [2.75, 3.05) is 25.5 Å². The number of rotatable bonds is 5. The van der Waals surface area contributed by atoms with Crippen molar-refractivity contribution in [3.05, 3.63) is 53.2 Å². The van der Waals surface area contributed by atoms with E-state index in [1.165, 1.54) is 0 Å². The molecule has 4 rings (SSSR count). The normalized spacial score (nSPS) is 14.8. The van der Waals surface area contributed by atoms with Crippen LogP contribution in [-0.4, -0.2) is 31.3 Å². The molecule has 2 N–H and O–H groups in total. The van der Waals surface area contributed by atoms with Gasteiger partial charge in [0.05, 0.1) is 12.1 Å². The summed E-state index contributed by atoms with van der Waals surface area (Å²) in [5.41, 5.74) is 1.94. The molecule has 146 valence electrons. The van der Waals surface area contributed by atoms with E-state index in [4.69, 9.17) is 21.1 Å². The average molecular weight is 398 g/mol. The van der Waals surface area contributed by atoms with Crippen LogP contribution < -0.4 is 20.1 Å². The second kappa shape index (κ2) is 8.25. The Labute approximate surface area is 170 Å². The van der Waals surface area contributed by atoms with Gasteiger partial charge in [0.1, 0.15) is 23.4 Å². The molecule has 1 saturated heterocycles. The number of nitrogens with one attached hydrogen (secondary N) is 2. The molecule has 1 aliphatic rings. The first-order valence-electron chi connectivity index (χ1n) is 9.51. The second-order valence-corrected chi connectivity index (χ2v) is 7.48. The molecule has 6 heteroatoms. The number of halogens is 1. The van der Waals surface area contributed by atoms with Gasteiger partial charge in [-0.3, -0.25) is 0 Å². The molecule has 0 bridgehead atoms. The van der Waals surface area contributed by atoms with Gasteiger partial charge in [0.25, 0.3) is 0 Å². The molecule has 28 heavy (non-hydrogen) atoms. The lowest BCUT2D eigenvalue weighted by molar-refractivity contribution is 0.162. The van der Waals surface area contributed by atoms with Gasteiger partial charge in [-0.05, 0) is 74.1 Å². The number of ether oxygens (including phenoxy) is 2. The summed E-state index contributed by atoms with van der Waals surface area (Å²) in [6.07, 6.45) is 4.23. The lowest BCUT2D eigenvalue weighted by Gasteiger charge is -2.24. The standard InChI is InChI=1S/C22H24ClN3O2/c1-14-9-19(23)21(27-2)12-20(14)26-22-11-16-10-18(4-3-15(16)13-25-22)28-17-5-7-24-8-6-17/h3-4,9-13,17,24H,5-8H2,1-2H3,(H,25,26). The minimum atomic E-state index is 0.280. The van der Waals surface area contributed by atoms with Crippen LogP contribution in [-0.2, 0) is 0 Å². The van der Waals surface area contributed by atoms with Crippen molar-refractivity contribution in [2.24, 2.45) is 0 Å². The van der Waals surface area contributed by atoms with Crippen LogP contribution in [0.5, 0.6) is 11.5 Å². The van der Waals surface area contributed by atoms with Crippen molar-refractivity contribution in [1.29, 1.82) is 0 Å². The third kappa shape index (κ3) is 4.16. The lowest BCUT2D eigenvalue weighted by atomic mass is 10.1. The maximum atomic E-state index is 6.19. The zero-order chi connectivity index (χ0) is 19.5. The summed E-state index contributed by atoms with van der Waals surface area (Å²) in [5.74, 6) is 2.30. The van der Waals surface area contributed by atoms with Gasteiger partial charge in [0, 0.05) is 23.3 Å². The van der Waals surface area contributed by atoms with Crippen molar-refractivity contribution in [1.82, 2.24) is 10.3 Å².